The number of carbonyl (C=O) groups excluding carboxylic acids is 3. The average Bonchev–Trinajstić information content (AvgIpc) is 2.42. The van der Waals surface area contributed by atoms with Gasteiger partial charge in [-0.2, -0.15) is 0 Å². The van der Waals surface area contributed by atoms with Crippen LogP contribution in [-0.4, -0.2) is 41.2 Å². The molecule has 1 aliphatic heterocycles. The summed E-state index contributed by atoms with van der Waals surface area (Å²) in [6, 6.07) is -0.884. The Labute approximate surface area is 106 Å². The number of nitrogens with one attached hydrogen (secondary N) is 1. The first kappa shape index (κ1) is 15.9. The molecule has 0 bridgehead atoms. The molecule has 0 saturated carbocycles. The lowest BCUT2D eigenvalue weighted by Gasteiger charge is -2.19. The van der Waals surface area contributed by atoms with Gasteiger partial charge in [0.25, 0.3) is 5.91 Å². The van der Waals surface area contributed by atoms with Crippen molar-refractivity contribution in [1.82, 2.24) is 10.2 Å². The molecule has 1 saturated heterocycles. The Morgan fingerprint density at radius 3 is 2.53 bits per heavy atom. The Morgan fingerprint density at radius 2 is 2.12 bits per heavy atom. The van der Waals surface area contributed by atoms with Gasteiger partial charge in [-0.25, -0.2) is 0 Å². The van der Waals surface area contributed by atoms with Gasteiger partial charge in [0.15, 0.2) is 0 Å². The lowest BCUT2D eigenvalue weighted by atomic mass is 10.2. The van der Waals surface area contributed by atoms with Crippen molar-refractivity contribution in [3.05, 3.63) is 0 Å². The minimum Gasteiger partial charge on any atom is -0.344 e. The van der Waals surface area contributed by atoms with Crippen LogP contribution in [0.15, 0.2) is 0 Å². The standard InChI is InChI=1S/C10H17N3O3.ClH/c1-6(2)13-9(15)5-7(10(13)16)12-8(14)3-4-11;/h6-7H,3-5,11H2,1-2H3,(H,12,14);1H. The number of amides is 3. The zero-order chi connectivity index (χ0) is 12.3. The highest BCUT2D eigenvalue weighted by Crippen LogP contribution is 2.16. The predicted molar refractivity (Wildman–Crippen MR) is 64.5 cm³/mol. The molecule has 0 radical (unpaired) electrons. The van der Waals surface area contributed by atoms with E-state index in [1.54, 1.807) is 13.8 Å². The van der Waals surface area contributed by atoms with Crippen LogP contribution >= 0.6 is 12.4 Å². The number of nitrogens with two attached hydrogens (primary N) is 1. The minimum atomic E-state index is -0.714. The summed E-state index contributed by atoms with van der Waals surface area (Å²) in [4.78, 5) is 35.7. The van der Waals surface area contributed by atoms with E-state index in [4.69, 9.17) is 5.73 Å². The normalized spacial score (nSPS) is 19.5. The molecule has 1 rings (SSSR count). The van der Waals surface area contributed by atoms with E-state index in [0.29, 0.717) is 0 Å². The molecule has 0 aromatic carbocycles. The zero-order valence-electron chi connectivity index (χ0n) is 9.93. The molecule has 0 aromatic rings. The number of carbonyl (C=O) groups is 3. The third-order valence-corrected chi connectivity index (χ3v) is 2.41. The van der Waals surface area contributed by atoms with E-state index in [9.17, 15) is 14.4 Å². The van der Waals surface area contributed by atoms with Crippen LogP contribution < -0.4 is 11.1 Å². The van der Waals surface area contributed by atoms with E-state index in [2.05, 4.69) is 5.32 Å². The van der Waals surface area contributed by atoms with E-state index < -0.39 is 6.04 Å². The first-order valence-corrected chi connectivity index (χ1v) is 5.32. The van der Waals surface area contributed by atoms with Crippen LogP contribution in [0, 0.1) is 0 Å². The molecule has 1 aliphatic rings. The molecule has 3 amide bonds. The maximum atomic E-state index is 11.8. The number of hydrogen-bond acceptors (Lipinski definition) is 4. The van der Waals surface area contributed by atoms with Gasteiger partial charge in [-0.1, -0.05) is 0 Å². The largest absolute Gasteiger partial charge is 0.344 e. The lowest BCUT2D eigenvalue weighted by molar-refractivity contribution is -0.141. The van der Waals surface area contributed by atoms with Crippen LogP contribution in [0.25, 0.3) is 0 Å². The molecule has 98 valence electrons. The third kappa shape index (κ3) is 3.67. The quantitative estimate of drug-likeness (QED) is 0.663. The van der Waals surface area contributed by atoms with Gasteiger partial charge in [0.05, 0.1) is 6.42 Å². The molecular formula is C10H18ClN3O3. The van der Waals surface area contributed by atoms with Crippen LogP contribution in [-0.2, 0) is 14.4 Å². The second kappa shape index (κ2) is 6.56. The maximum Gasteiger partial charge on any atom is 0.252 e. The van der Waals surface area contributed by atoms with Gasteiger partial charge in [-0.15, -0.1) is 12.4 Å². The molecule has 6 nitrogen and oxygen atoms in total. The van der Waals surface area contributed by atoms with Gasteiger partial charge in [-0.05, 0) is 13.8 Å². The van der Waals surface area contributed by atoms with Crippen molar-refractivity contribution in [2.45, 2.75) is 38.8 Å². The van der Waals surface area contributed by atoms with Gasteiger partial charge in [-0.3, -0.25) is 19.3 Å². The van der Waals surface area contributed by atoms with Gasteiger partial charge in [0.2, 0.25) is 11.8 Å². The second-order valence-electron chi connectivity index (χ2n) is 4.06. The second-order valence-corrected chi connectivity index (χ2v) is 4.06. The van der Waals surface area contributed by atoms with Crippen molar-refractivity contribution in [1.29, 1.82) is 0 Å². The van der Waals surface area contributed by atoms with Crippen molar-refractivity contribution in [2.75, 3.05) is 6.54 Å². The number of halogens is 1. The van der Waals surface area contributed by atoms with E-state index in [-0.39, 0.29) is 55.6 Å². The molecule has 1 unspecified atom stereocenters. The molecule has 3 N–H and O–H groups in total. The Morgan fingerprint density at radius 1 is 1.53 bits per heavy atom. The molecule has 0 spiro atoms. The molecule has 0 aliphatic carbocycles. The SMILES string of the molecule is CC(C)N1C(=O)CC(NC(=O)CCN)C1=O.Cl. The van der Waals surface area contributed by atoms with E-state index in [1.807, 2.05) is 0 Å². The fourth-order valence-electron chi connectivity index (χ4n) is 1.70. The highest BCUT2D eigenvalue weighted by atomic mass is 35.5. The van der Waals surface area contributed by atoms with Crippen molar-refractivity contribution in [3.8, 4) is 0 Å². The number of imide groups is 1. The fraction of sp³-hybridized carbons (Fsp3) is 0.700. The number of nitrogens with zero attached hydrogens (tertiary/aromatic N) is 1. The monoisotopic (exact) mass is 263 g/mol. The van der Waals surface area contributed by atoms with Gasteiger partial charge in [0.1, 0.15) is 6.04 Å². The smallest absolute Gasteiger partial charge is 0.252 e. The summed E-state index contributed by atoms with van der Waals surface area (Å²) in [6.45, 7) is 3.76. The molecule has 1 fully saturated rings. The van der Waals surface area contributed by atoms with Gasteiger partial charge >= 0.3 is 0 Å². The maximum absolute atomic E-state index is 11.8. The lowest BCUT2D eigenvalue weighted by Crippen LogP contribution is -2.44. The van der Waals surface area contributed by atoms with E-state index in [0.717, 1.165) is 0 Å². The number of hydrogen-bond donors (Lipinski definition) is 2. The van der Waals surface area contributed by atoms with Crippen LogP contribution in [0.5, 0.6) is 0 Å². The molecule has 1 atom stereocenters. The molecule has 7 heteroatoms. The summed E-state index contributed by atoms with van der Waals surface area (Å²) >= 11 is 0. The fourth-order valence-corrected chi connectivity index (χ4v) is 1.70. The summed E-state index contributed by atoms with van der Waals surface area (Å²) in [6.07, 6.45) is 0.215. The molecule has 1 heterocycles. The highest BCUT2D eigenvalue weighted by Gasteiger charge is 2.40. The average molecular weight is 264 g/mol. The van der Waals surface area contributed by atoms with E-state index in [1.165, 1.54) is 4.90 Å². The van der Waals surface area contributed by atoms with Crippen LogP contribution in [0.4, 0.5) is 0 Å². The van der Waals surface area contributed by atoms with Crippen molar-refractivity contribution < 1.29 is 14.4 Å². The predicted octanol–water partition coefficient (Wildman–Crippen LogP) is -0.591. The first-order valence-electron chi connectivity index (χ1n) is 5.32. The topological polar surface area (TPSA) is 92.5 Å². The summed E-state index contributed by atoms with van der Waals surface area (Å²) in [7, 11) is 0. The zero-order valence-corrected chi connectivity index (χ0v) is 10.8. The van der Waals surface area contributed by atoms with Crippen molar-refractivity contribution in [2.24, 2.45) is 5.73 Å². The van der Waals surface area contributed by atoms with Crippen LogP contribution in [0.1, 0.15) is 26.7 Å². The van der Waals surface area contributed by atoms with Gasteiger partial charge in [0, 0.05) is 19.0 Å². The Balaban J connectivity index is 0.00000256. The third-order valence-electron chi connectivity index (χ3n) is 2.41. The first-order chi connectivity index (χ1) is 7.47. The summed E-state index contributed by atoms with van der Waals surface area (Å²) in [5, 5.41) is 2.51. The number of likely N-dealkylation sites (tertiary alicyclic amines) is 1. The minimum absolute atomic E-state index is 0. The highest BCUT2D eigenvalue weighted by molar-refractivity contribution is 6.07. The van der Waals surface area contributed by atoms with Crippen LogP contribution in [0.3, 0.4) is 0 Å². The van der Waals surface area contributed by atoms with Crippen molar-refractivity contribution >= 4 is 30.1 Å². The molecule has 17 heavy (non-hydrogen) atoms. The summed E-state index contributed by atoms with van der Waals surface area (Å²) in [5.41, 5.74) is 5.22. The summed E-state index contributed by atoms with van der Waals surface area (Å²) < 4.78 is 0. The Kier molecular flexibility index (Phi) is 6.12. The summed E-state index contributed by atoms with van der Waals surface area (Å²) in [5.74, 6) is -0.859. The van der Waals surface area contributed by atoms with Crippen molar-refractivity contribution in [3.63, 3.8) is 0 Å². The molecule has 0 aromatic heterocycles. The Hall–Kier alpha value is -1.14. The van der Waals surface area contributed by atoms with Gasteiger partial charge < -0.3 is 11.1 Å². The Bertz CT molecular complexity index is 320. The molecular weight excluding hydrogens is 246 g/mol. The van der Waals surface area contributed by atoms with Crippen LogP contribution in [0.2, 0.25) is 0 Å². The number of rotatable bonds is 4. The van der Waals surface area contributed by atoms with E-state index >= 15 is 0 Å².